The molecule has 2 aromatic carbocycles. The molecule has 174 valence electrons. The summed E-state index contributed by atoms with van der Waals surface area (Å²) in [6.45, 7) is 6.38. The van der Waals surface area contributed by atoms with E-state index in [0.29, 0.717) is 29.1 Å². The van der Waals surface area contributed by atoms with Crippen molar-refractivity contribution >= 4 is 12.2 Å². The van der Waals surface area contributed by atoms with E-state index in [-0.39, 0.29) is 11.5 Å². The Morgan fingerprint density at radius 2 is 1.85 bits per heavy atom. The fourth-order valence-electron chi connectivity index (χ4n) is 5.23. The number of hydrogen-bond acceptors (Lipinski definition) is 5. The maximum absolute atomic E-state index is 12.2. The largest absolute Gasteiger partial charge is 0.457 e. The third-order valence-electron chi connectivity index (χ3n) is 6.93. The number of rotatable bonds is 8. The number of nitrogens with two attached hydrogens (primary N) is 1. The molecule has 2 aliphatic rings. The van der Waals surface area contributed by atoms with Gasteiger partial charge in [-0.3, -0.25) is 19.2 Å². The van der Waals surface area contributed by atoms with Crippen LogP contribution in [-0.4, -0.2) is 46.5 Å². The lowest BCUT2D eigenvalue weighted by molar-refractivity contribution is -0.105. The van der Waals surface area contributed by atoms with Crippen molar-refractivity contribution in [2.24, 2.45) is 11.1 Å². The van der Waals surface area contributed by atoms with Crippen LogP contribution in [0.3, 0.4) is 0 Å². The summed E-state index contributed by atoms with van der Waals surface area (Å²) in [4.78, 5) is 25.4. The summed E-state index contributed by atoms with van der Waals surface area (Å²) in [6.07, 6.45) is 5.73. The molecule has 1 aliphatic heterocycles. The first-order valence-corrected chi connectivity index (χ1v) is 11.5. The number of carbonyl (C=O) groups excluding carboxylic acids is 2. The van der Waals surface area contributed by atoms with E-state index >= 15 is 0 Å². The number of amides is 1. The van der Waals surface area contributed by atoms with E-state index in [0.717, 1.165) is 50.0 Å². The zero-order chi connectivity index (χ0) is 23.7. The van der Waals surface area contributed by atoms with Gasteiger partial charge in [-0.1, -0.05) is 24.8 Å². The van der Waals surface area contributed by atoms with Gasteiger partial charge in [0.15, 0.2) is 0 Å². The van der Waals surface area contributed by atoms with Crippen molar-refractivity contribution in [1.82, 2.24) is 14.7 Å². The van der Waals surface area contributed by atoms with Crippen molar-refractivity contribution in [3.05, 3.63) is 78.5 Å². The van der Waals surface area contributed by atoms with Crippen LogP contribution in [0.5, 0.6) is 11.5 Å². The van der Waals surface area contributed by atoms with Crippen molar-refractivity contribution in [2.45, 2.75) is 25.3 Å². The molecule has 0 radical (unpaired) electrons. The smallest absolute Gasteiger partial charge is 0.252 e. The van der Waals surface area contributed by atoms with Crippen molar-refractivity contribution in [3.63, 3.8) is 0 Å². The van der Waals surface area contributed by atoms with Gasteiger partial charge in [-0.15, -0.1) is 0 Å². The first-order chi connectivity index (χ1) is 16.4. The third-order valence-corrected chi connectivity index (χ3v) is 6.93. The van der Waals surface area contributed by atoms with Gasteiger partial charge in [-0.2, -0.15) is 5.10 Å². The van der Waals surface area contributed by atoms with Crippen LogP contribution in [0, 0.1) is 5.41 Å². The maximum atomic E-state index is 12.2. The Hall–Kier alpha value is -3.71. The topological polar surface area (TPSA) is 90.5 Å². The second kappa shape index (κ2) is 8.91. The van der Waals surface area contributed by atoms with Crippen LogP contribution in [0.25, 0.3) is 11.3 Å². The molecular weight excluding hydrogens is 428 g/mol. The molecule has 5 rings (SSSR count). The Morgan fingerprint density at radius 3 is 2.53 bits per heavy atom. The maximum Gasteiger partial charge on any atom is 0.252 e. The Morgan fingerprint density at radius 1 is 1.15 bits per heavy atom. The fraction of sp³-hybridized carbons (Fsp3) is 0.296. The summed E-state index contributed by atoms with van der Waals surface area (Å²) in [5.41, 5.74) is 8.40. The Labute approximate surface area is 198 Å². The number of nitrogens with zero attached hydrogens (tertiary/aromatic N) is 3. The zero-order valence-corrected chi connectivity index (χ0v) is 19.0. The molecule has 7 heteroatoms. The van der Waals surface area contributed by atoms with Gasteiger partial charge < -0.3 is 10.5 Å². The molecule has 1 amide bonds. The first kappa shape index (κ1) is 22.1. The molecule has 7 nitrogen and oxygen atoms in total. The van der Waals surface area contributed by atoms with Gasteiger partial charge in [-0.05, 0) is 73.2 Å². The predicted molar refractivity (Wildman–Crippen MR) is 130 cm³/mol. The summed E-state index contributed by atoms with van der Waals surface area (Å²) in [5, 5.41) is 4.77. The molecule has 0 atom stereocenters. The summed E-state index contributed by atoms with van der Waals surface area (Å²) in [7, 11) is 0. The molecule has 2 fully saturated rings. The van der Waals surface area contributed by atoms with Crippen LogP contribution in [0.15, 0.2) is 72.9 Å². The molecule has 2 heterocycles. The molecule has 0 bridgehead atoms. The summed E-state index contributed by atoms with van der Waals surface area (Å²) in [6, 6.07) is 17.3. The van der Waals surface area contributed by atoms with Gasteiger partial charge in [0.05, 0.1) is 11.6 Å². The highest BCUT2D eigenvalue weighted by atomic mass is 16.5. The van der Waals surface area contributed by atoms with E-state index in [9.17, 15) is 9.59 Å². The highest BCUT2D eigenvalue weighted by molar-refractivity contribution is 5.98. The minimum atomic E-state index is -0.487. The lowest BCUT2D eigenvalue weighted by atomic mass is 9.65. The van der Waals surface area contributed by atoms with Crippen LogP contribution >= 0.6 is 0 Å². The van der Waals surface area contributed by atoms with Gasteiger partial charge in [0, 0.05) is 24.8 Å². The van der Waals surface area contributed by atoms with Gasteiger partial charge in [0.1, 0.15) is 23.5 Å². The third kappa shape index (κ3) is 4.39. The summed E-state index contributed by atoms with van der Waals surface area (Å²) in [5.74, 6) is 0.982. The quantitative estimate of drug-likeness (QED) is 0.405. The van der Waals surface area contributed by atoms with Crippen LogP contribution in [-0.2, 0) is 4.79 Å². The number of aldehydes is 1. The minimum Gasteiger partial charge on any atom is -0.457 e. The van der Waals surface area contributed by atoms with Crippen molar-refractivity contribution in [3.8, 4) is 22.8 Å². The lowest BCUT2D eigenvalue weighted by Gasteiger charge is -2.45. The lowest BCUT2D eigenvalue weighted by Crippen LogP contribution is -2.41. The molecule has 0 unspecified atom stereocenters. The Bertz CT molecular complexity index is 1210. The number of aromatic nitrogens is 2. The molecule has 2 N–H and O–H groups in total. The van der Waals surface area contributed by atoms with E-state index in [2.05, 4.69) is 11.5 Å². The fourth-order valence-corrected chi connectivity index (χ4v) is 5.23. The average molecular weight is 457 g/mol. The van der Waals surface area contributed by atoms with Crippen LogP contribution < -0.4 is 10.5 Å². The molecule has 3 aromatic rings. The minimum absolute atomic E-state index is 0.238. The second-order valence-corrected chi connectivity index (χ2v) is 9.47. The Balaban J connectivity index is 1.29. The van der Waals surface area contributed by atoms with Crippen LogP contribution in [0.1, 0.15) is 35.7 Å². The summed E-state index contributed by atoms with van der Waals surface area (Å²) >= 11 is 0. The number of carbonyl (C=O) groups is 2. The van der Waals surface area contributed by atoms with Gasteiger partial charge in [0.25, 0.3) is 5.91 Å². The van der Waals surface area contributed by atoms with Crippen molar-refractivity contribution in [1.29, 1.82) is 0 Å². The number of likely N-dealkylation sites (tertiary alicyclic amines) is 1. The molecule has 1 saturated carbocycles. The normalized spacial score (nSPS) is 21.8. The monoisotopic (exact) mass is 456 g/mol. The van der Waals surface area contributed by atoms with E-state index in [1.807, 2.05) is 59.3 Å². The molecule has 1 spiro atoms. The van der Waals surface area contributed by atoms with E-state index in [1.165, 1.54) is 0 Å². The van der Waals surface area contributed by atoms with Crippen molar-refractivity contribution in [2.75, 3.05) is 19.6 Å². The zero-order valence-electron chi connectivity index (χ0n) is 19.0. The van der Waals surface area contributed by atoms with Gasteiger partial charge in [0.2, 0.25) is 0 Å². The van der Waals surface area contributed by atoms with E-state index < -0.39 is 5.91 Å². The number of para-hydroxylation sites is 1. The average Bonchev–Trinajstić information content (AvgIpc) is 3.44. The first-order valence-electron chi connectivity index (χ1n) is 11.5. The van der Waals surface area contributed by atoms with E-state index in [1.54, 1.807) is 6.20 Å². The van der Waals surface area contributed by atoms with Crippen molar-refractivity contribution < 1.29 is 14.3 Å². The molecular formula is C27H28N4O3. The highest BCUT2D eigenvalue weighted by Crippen LogP contribution is 2.54. The summed E-state index contributed by atoms with van der Waals surface area (Å²) < 4.78 is 7.77. The SMILES string of the molecule is C=C(C=O)CN1CCC2(CC(n3cc(C(N)=O)c(-c4ccc(Oc5ccccc5)cc4)n3)C2)C1. The standard InChI is InChI=1S/C27H28N4O3/c1-19(17-32)15-30-12-11-27(18-30)13-21(14-27)31-16-24(26(28)33)25(29-31)20-7-9-23(10-8-20)34-22-5-3-2-4-6-22/h2-10,16-17,21H,1,11-15,18H2,(H2,28,33). The highest BCUT2D eigenvalue weighted by Gasteiger charge is 2.49. The number of primary amides is 1. The Kier molecular flexibility index (Phi) is 5.79. The number of hydrogen-bond donors (Lipinski definition) is 1. The molecule has 34 heavy (non-hydrogen) atoms. The molecule has 1 aromatic heterocycles. The molecule has 1 aliphatic carbocycles. The molecule has 1 saturated heterocycles. The van der Waals surface area contributed by atoms with Gasteiger partial charge in [-0.25, -0.2) is 0 Å². The predicted octanol–water partition coefficient (Wildman–Crippen LogP) is 4.22. The van der Waals surface area contributed by atoms with Crippen LogP contribution in [0.2, 0.25) is 0 Å². The second-order valence-electron chi connectivity index (χ2n) is 9.47. The van der Waals surface area contributed by atoms with Gasteiger partial charge >= 0.3 is 0 Å². The number of benzene rings is 2. The number of ether oxygens (including phenoxy) is 1. The van der Waals surface area contributed by atoms with Crippen LogP contribution in [0.4, 0.5) is 0 Å². The van der Waals surface area contributed by atoms with E-state index in [4.69, 9.17) is 15.6 Å².